The standard InChI is InChI=1S/C6H14N2.2C4H5NO3.Pt/c7-5-3-1-2-4-6(5)8;2*6-3-1-2(5-3)4(7)8;/h5-6H,1-4,7-8H2;2*2H,1H2,(H,5,6)(H,7,8);/q;;;+2/p-2/t5-,6-;2-;;/m10../s1. The van der Waals surface area contributed by atoms with Crippen molar-refractivity contribution in [3.63, 3.8) is 0 Å². The Morgan fingerprint density at radius 3 is 1.24 bits per heavy atom. The molecule has 0 aromatic carbocycles. The third-order valence-electron chi connectivity index (χ3n) is 3.89. The number of aliphatic carboxylic acids is 2. The minimum atomic E-state index is -1.20. The van der Waals surface area contributed by atoms with Gasteiger partial charge in [0.25, 0.3) is 0 Å². The molecule has 3 aliphatic rings. The number of carboxylic acids is 2. The Morgan fingerprint density at radius 2 is 1.12 bits per heavy atom. The molecule has 11 heteroatoms. The van der Waals surface area contributed by atoms with E-state index in [1.54, 1.807) is 0 Å². The van der Waals surface area contributed by atoms with Crippen LogP contribution in [0, 0.1) is 0 Å². The number of hydrogen-bond donors (Lipinski definition) is 4. The van der Waals surface area contributed by atoms with Gasteiger partial charge in [0.15, 0.2) is 0 Å². The Kier molecular flexibility index (Phi) is 10.5. The van der Waals surface area contributed by atoms with Crippen molar-refractivity contribution in [3.05, 3.63) is 0 Å². The Morgan fingerprint density at radius 1 is 0.840 bits per heavy atom. The molecule has 1 aliphatic carbocycles. The second-order valence-electron chi connectivity index (χ2n) is 5.90. The van der Waals surface area contributed by atoms with Crippen molar-refractivity contribution in [2.75, 3.05) is 0 Å². The molecule has 0 radical (unpaired) electrons. The van der Waals surface area contributed by atoms with Gasteiger partial charge >= 0.3 is 21.1 Å². The van der Waals surface area contributed by atoms with Gasteiger partial charge in [0.1, 0.15) is 0 Å². The van der Waals surface area contributed by atoms with E-state index in [1.807, 2.05) is 0 Å². The fourth-order valence-corrected chi connectivity index (χ4v) is 2.19. The van der Waals surface area contributed by atoms with Crippen LogP contribution in [0.15, 0.2) is 0 Å². The first-order valence-corrected chi connectivity index (χ1v) is 7.72. The first-order valence-electron chi connectivity index (χ1n) is 7.72. The molecule has 1 unspecified atom stereocenters. The zero-order valence-corrected chi connectivity index (χ0v) is 15.7. The van der Waals surface area contributed by atoms with E-state index in [4.69, 9.17) is 11.5 Å². The van der Waals surface area contributed by atoms with Gasteiger partial charge in [-0.1, -0.05) is 12.8 Å². The molecule has 1 saturated carbocycles. The zero-order chi connectivity index (χ0) is 18.3. The van der Waals surface area contributed by atoms with Crippen molar-refractivity contribution in [3.8, 4) is 0 Å². The Hall–Kier alpha value is -1.51. The van der Waals surface area contributed by atoms with E-state index in [2.05, 4.69) is 10.6 Å². The fraction of sp³-hybridized carbons (Fsp3) is 0.714. The van der Waals surface area contributed by atoms with Crippen LogP contribution in [0.1, 0.15) is 38.5 Å². The number of carbonyl (C=O) groups excluding carboxylic acids is 4. The van der Waals surface area contributed by atoms with Gasteiger partial charge in [-0.2, -0.15) is 0 Å². The molecule has 6 N–H and O–H groups in total. The summed E-state index contributed by atoms with van der Waals surface area (Å²) in [7, 11) is 0. The number of amides is 2. The van der Waals surface area contributed by atoms with Crippen LogP contribution in [-0.4, -0.2) is 47.9 Å². The normalized spacial score (nSPS) is 29.4. The molecular formula is C14H22N4O6Pt. The maximum absolute atomic E-state index is 10.0. The summed E-state index contributed by atoms with van der Waals surface area (Å²) in [4.78, 5) is 39.6. The largest absolute Gasteiger partial charge is 2.00 e. The summed E-state index contributed by atoms with van der Waals surface area (Å²) in [5, 5.41) is 23.9. The van der Waals surface area contributed by atoms with Gasteiger partial charge in [-0.25, -0.2) is 0 Å². The van der Waals surface area contributed by atoms with Crippen molar-refractivity contribution in [1.29, 1.82) is 0 Å². The molecule has 0 spiro atoms. The molecule has 2 heterocycles. The summed E-state index contributed by atoms with van der Waals surface area (Å²) in [6.07, 6.45) is 4.94. The average Bonchev–Trinajstić information content (AvgIpc) is 2.45. The van der Waals surface area contributed by atoms with Gasteiger partial charge in [0, 0.05) is 12.1 Å². The molecule has 2 aliphatic heterocycles. The summed E-state index contributed by atoms with van der Waals surface area (Å²) in [6.45, 7) is 0. The van der Waals surface area contributed by atoms with E-state index in [0.717, 1.165) is 12.8 Å². The summed E-state index contributed by atoms with van der Waals surface area (Å²) in [5.41, 5.74) is 11.3. The number of rotatable bonds is 2. The van der Waals surface area contributed by atoms with Crippen LogP contribution >= 0.6 is 0 Å². The Balaban J connectivity index is 0.000000339. The SMILES string of the molecule is N[C@@H]1CCCC[C@H]1N.O=C1CC(C(=O)[O-])N1.O=C1C[C@@H](C(=O)[O-])N1.[Pt+2]. The van der Waals surface area contributed by atoms with Gasteiger partial charge in [-0.15, -0.1) is 0 Å². The van der Waals surface area contributed by atoms with Crippen molar-refractivity contribution in [1.82, 2.24) is 10.6 Å². The second kappa shape index (κ2) is 11.2. The van der Waals surface area contributed by atoms with Crippen molar-refractivity contribution < 1.29 is 50.5 Å². The smallest absolute Gasteiger partial charge is 0.548 e. The van der Waals surface area contributed by atoms with Crippen LogP contribution in [0.3, 0.4) is 0 Å². The van der Waals surface area contributed by atoms with Gasteiger partial charge in [-0.05, 0) is 12.8 Å². The van der Waals surface area contributed by atoms with E-state index >= 15 is 0 Å². The van der Waals surface area contributed by atoms with Crippen molar-refractivity contribution in [2.24, 2.45) is 11.5 Å². The van der Waals surface area contributed by atoms with E-state index in [1.165, 1.54) is 12.8 Å². The summed E-state index contributed by atoms with van der Waals surface area (Å²) < 4.78 is 0. The topological polar surface area (TPSA) is 190 Å². The van der Waals surface area contributed by atoms with Crippen LogP contribution in [0.25, 0.3) is 0 Å². The molecule has 0 aromatic rings. The maximum Gasteiger partial charge on any atom is 2.00 e. The predicted molar refractivity (Wildman–Crippen MR) is 77.5 cm³/mol. The first kappa shape index (κ1) is 23.5. The molecule has 10 nitrogen and oxygen atoms in total. The third kappa shape index (κ3) is 8.42. The van der Waals surface area contributed by atoms with Gasteiger partial charge in [0.2, 0.25) is 11.8 Å². The van der Waals surface area contributed by atoms with Gasteiger partial charge in [0.05, 0.1) is 36.9 Å². The van der Waals surface area contributed by atoms with Crippen LogP contribution in [0.4, 0.5) is 0 Å². The number of nitrogens with one attached hydrogen (secondary N) is 2. The maximum atomic E-state index is 10.0. The molecule has 2 saturated heterocycles. The summed E-state index contributed by atoms with van der Waals surface area (Å²) in [6, 6.07) is -0.905. The minimum absolute atomic E-state index is 0. The minimum Gasteiger partial charge on any atom is -0.548 e. The number of β-lactam (4-membered cyclic amide) rings is 2. The Labute approximate surface area is 159 Å². The van der Waals surface area contributed by atoms with Crippen LogP contribution < -0.4 is 32.3 Å². The van der Waals surface area contributed by atoms with Crippen LogP contribution in [-0.2, 0) is 40.2 Å². The van der Waals surface area contributed by atoms with E-state index in [0.29, 0.717) is 0 Å². The van der Waals surface area contributed by atoms with Gasteiger partial charge < -0.3 is 41.9 Å². The van der Waals surface area contributed by atoms with Crippen LogP contribution in [0.5, 0.6) is 0 Å². The molecule has 25 heavy (non-hydrogen) atoms. The van der Waals surface area contributed by atoms with Gasteiger partial charge in [-0.3, -0.25) is 9.59 Å². The number of hydrogen-bond acceptors (Lipinski definition) is 8. The molecule has 4 atom stereocenters. The van der Waals surface area contributed by atoms with E-state index in [-0.39, 0.29) is 57.8 Å². The zero-order valence-electron chi connectivity index (χ0n) is 13.5. The molecule has 144 valence electrons. The van der Waals surface area contributed by atoms with E-state index in [9.17, 15) is 29.4 Å². The molecule has 0 aromatic heterocycles. The quantitative estimate of drug-likeness (QED) is 0.253. The molecular weight excluding hydrogens is 515 g/mol. The predicted octanol–water partition coefficient (Wildman–Crippen LogP) is -4.54. The molecule has 0 bridgehead atoms. The number of carboxylic acid groups (broad SMARTS) is 2. The third-order valence-corrected chi connectivity index (χ3v) is 3.89. The summed E-state index contributed by atoms with van der Waals surface area (Å²) in [5.74, 6) is -2.85. The monoisotopic (exact) mass is 537 g/mol. The second-order valence-corrected chi connectivity index (χ2v) is 5.90. The molecule has 3 fully saturated rings. The number of nitrogens with two attached hydrogens (primary N) is 2. The van der Waals surface area contributed by atoms with Crippen molar-refractivity contribution >= 4 is 23.8 Å². The number of carbonyl (C=O) groups is 4. The van der Waals surface area contributed by atoms with Crippen LogP contribution in [0.2, 0.25) is 0 Å². The van der Waals surface area contributed by atoms with E-state index < -0.39 is 24.0 Å². The Bertz CT molecular complexity index is 444. The molecule has 2 amide bonds. The molecule has 3 rings (SSSR count). The first-order chi connectivity index (χ1) is 11.2. The van der Waals surface area contributed by atoms with Crippen molar-refractivity contribution in [2.45, 2.75) is 62.7 Å². The fourth-order valence-electron chi connectivity index (χ4n) is 2.19. The average molecular weight is 537 g/mol. The summed E-state index contributed by atoms with van der Waals surface area (Å²) >= 11 is 0.